The average Bonchev–Trinajstić information content (AvgIpc) is 2.29. The Kier molecular flexibility index (Phi) is 4.22. The Hall–Kier alpha value is -0.120. The fourth-order valence-corrected chi connectivity index (χ4v) is 2.96. The lowest BCUT2D eigenvalue weighted by molar-refractivity contribution is -0.0759. The second-order valence-corrected chi connectivity index (χ2v) is 5.42. The standard InChI is InChI=1S/C13H25NO2/c1-2-12-10-14(8-9-16-12)11-13(15)6-4-3-5-7-13/h12,15H,2-11H2,1H3. The maximum atomic E-state index is 10.5. The fraction of sp³-hybridized carbons (Fsp3) is 1.00. The van der Waals surface area contributed by atoms with Gasteiger partial charge in [-0.2, -0.15) is 0 Å². The number of nitrogens with zero attached hydrogens (tertiary/aromatic N) is 1. The number of hydrogen-bond donors (Lipinski definition) is 1. The van der Waals surface area contributed by atoms with Gasteiger partial charge in [-0.15, -0.1) is 0 Å². The van der Waals surface area contributed by atoms with Gasteiger partial charge in [0.25, 0.3) is 0 Å². The van der Waals surface area contributed by atoms with E-state index in [1.807, 2.05) is 0 Å². The number of β-amino-alcohol motifs (C(OH)–C–C–N with tert-alkyl or cyclic N) is 1. The normalized spacial score (nSPS) is 31.5. The Morgan fingerprint density at radius 3 is 2.75 bits per heavy atom. The molecule has 0 radical (unpaired) electrons. The van der Waals surface area contributed by atoms with Crippen molar-refractivity contribution in [1.29, 1.82) is 0 Å². The molecule has 0 aromatic carbocycles. The van der Waals surface area contributed by atoms with Crippen molar-refractivity contribution in [3.63, 3.8) is 0 Å². The van der Waals surface area contributed by atoms with Crippen molar-refractivity contribution in [2.45, 2.75) is 57.2 Å². The van der Waals surface area contributed by atoms with Crippen molar-refractivity contribution in [2.75, 3.05) is 26.2 Å². The second kappa shape index (κ2) is 5.48. The van der Waals surface area contributed by atoms with E-state index in [9.17, 15) is 5.11 Å². The summed E-state index contributed by atoms with van der Waals surface area (Å²) in [6.07, 6.45) is 7.11. The lowest BCUT2D eigenvalue weighted by atomic mass is 9.84. The first-order valence-corrected chi connectivity index (χ1v) is 6.78. The largest absolute Gasteiger partial charge is 0.389 e. The van der Waals surface area contributed by atoms with E-state index in [2.05, 4.69) is 11.8 Å². The zero-order chi connectivity index (χ0) is 11.4. The molecular weight excluding hydrogens is 202 g/mol. The van der Waals surface area contributed by atoms with Crippen LogP contribution in [-0.2, 0) is 4.74 Å². The lowest BCUT2D eigenvalue weighted by Crippen LogP contribution is -2.50. The molecule has 1 unspecified atom stereocenters. The molecule has 1 N–H and O–H groups in total. The Balaban J connectivity index is 1.83. The Bertz CT molecular complexity index is 214. The first-order valence-electron chi connectivity index (χ1n) is 6.78. The molecular formula is C13H25NO2. The molecule has 94 valence electrons. The minimum absolute atomic E-state index is 0.376. The van der Waals surface area contributed by atoms with Crippen LogP contribution >= 0.6 is 0 Å². The number of morpholine rings is 1. The number of hydrogen-bond acceptors (Lipinski definition) is 3. The summed E-state index contributed by atoms with van der Waals surface area (Å²) in [5, 5.41) is 10.5. The molecule has 2 rings (SSSR count). The minimum Gasteiger partial charge on any atom is -0.389 e. The Labute approximate surface area is 98.8 Å². The molecule has 0 aromatic rings. The SMILES string of the molecule is CCC1CN(CC2(O)CCCCC2)CCO1. The van der Waals surface area contributed by atoms with Gasteiger partial charge in [0.15, 0.2) is 0 Å². The monoisotopic (exact) mass is 227 g/mol. The topological polar surface area (TPSA) is 32.7 Å². The van der Waals surface area contributed by atoms with Crippen molar-refractivity contribution in [3.05, 3.63) is 0 Å². The van der Waals surface area contributed by atoms with E-state index in [0.29, 0.717) is 6.10 Å². The van der Waals surface area contributed by atoms with Gasteiger partial charge < -0.3 is 9.84 Å². The number of aliphatic hydroxyl groups is 1. The lowest BCUT2D eigenvalue weighted by Gasteiger charge is -2.40. The van der Waals surface area contributed by atoms with Gasteiger partial charge >= 0.3 is 0 Å². The molecule has 1 saturated heterocycles. The zero-order valence-electron chi connectivity index (χ0n) is 10.5. The van der Waals surface area contributed by atoms with Crippen LogP contribution in [0.1, 0.15) is 45.4 Å². The van der Waals surface area contributed by atoms with Crippen LogP contribution in [0.5, 0.6) is 0 Å². The highest BCUT2D eigenvalue weighted by Gasteiger charge is 2.32. The second-order valence-electron chi connectivity index (χ2n) is 5.42. The van der Waals surface area contributed by atoms with Gasteiger partial charge in [-0.05, 0) is 19.3 Å². The predicted octanol–water partition coefficient (Wildman–Crippen LogP) is 1.79. The van der Waals surface area contributed by atoms with Crippen molar-refractivity contribution in [2.24, 2.45) is 0 Å². The third kappa shape index (κ3) is 3.19. The van der Waals surface area contributed by atoms with Gasteiger partial charge in [0.1, 0.15) is 0 Å². The summed E-state index contributed by atoms with van der Waals surface area (Å²) in [4.78, 5) is 2.39. The van der Waals surface area contributed by atoms with Crippen LogP contribution in [0.4, 0.5) is 0 Å². The highest BCUT2D eigenvalue weighted by atomic mass is 16.5. The van der Waals surface area contributed by atoms with Crippen LogP contribution in [0.25, 0.3) is 0 Å². The third-order valence-corrected chi connectivity index (χ3v) is 3.98. The van der Waals surface area contributed by atoms with Gasteiger partial charge in [0.2, 0.25) is 0 Å². The van der Waals surface area contributed by atoms with E-state index in [0.717, 1.165) is 45.5 Å². The minimum atomic E-state index is -0.409. The first-order chi connectivity index (χ1) is 7.72. The molecule has 3 nitrogen and oxygen atoms in total. The first kappa shape index (κ1) is 12.3. The van der Waals surface area contributed by atoms with E-state index < -0.39 is 5.60 Å². The predicted molar refractivity (Wildman–Crippen MR) is 64.5 cm³/mol. The molecule has 2 fully saturated rings. The van der Waals surface area contributed by atoms with E-state index >= 15 is 0 Å². The maximum Gasteiger partial charge on any atom is 0.0774 e. The van der Waals surface area contributed by atoms with Crippen LogP contribution in [-0.4, -0.2) is 48.0 Å². The molecule has 0 spiro atoms. The van der Waals surface area contributed by atoms with Crippen molar-refractivity contribution < 1.29 is 9.84 Å². The van der Waals surface area contributed by atoms with Gasteiger partial charge in [-0.25, -0.2) is 0 Å². The summed E-state index contributed by atoms with van der Waals surface area (Å²) in [5.41, 5.74) is -0.409. The summed E-state index contributed by atoms with van der Waals surface area (Å²) < 4.78 is 5.66. The van der Waals surface area contributed by atoms with Crippen LogP contribution in [0.2, 0.25) is 0 Å². The highest BCUT2D eigenvalue weighted by Crippen LogP contribution is 2.29. The van der Waals surface area contributed by atoms with E-state index in [-0.39, 0.29) is 0 Å². The van der Waals surface area contributed by atoms with Crippen molar-refractivity contribution in [1.82, 2.24) is 4.90 Å². The quantitative estimate of drug-likeness (QED) is 0.798. The number of rotatable bonds is 3. The molecule has 0 bridgehead atoms. The third-order valence-electron chi connectivity index (χ3n) is 3.98. The van der Waals surface area contributed by atoms with Gasteiger partial charge in [0, 0.05) is 19.6 Å². The highest BCUT2D eigenvalue weighted by molar-refractivity contribution is 4.87. The molecule has 3 heteroatoms. The molecule has 1 heterocycles. The molecule has 16 heavy (non-hydrogen) atoms. The average molecular weight is 227 g/mol. The summed E-state index contributed by atoms with van der Waals surface area (Å²) in [6.45, 7) is 5.84. The summed E-state index contributed by atoms with van der Waals surface area (Å²) in [5.74, 6) is 0. The van der Waals surface area contributed by atoms with Gasteiger partial charge in [-0.1, -0.05) is 26.2 Å². The van der Waals surface area contributed by atoms with E-state index in [1.54, 1.807) is 0 Å². The maximum absolute atomic E-state index is 10.5. The fourth-order valence-electron chi connectivity index (χ4n) is 2.96. The molecule has 2 aliphatic rings. The molecule has 0 aromatic heterocycles. The van der Waals surface area contributed by atoms with Crippen LogP contribution < -0.4 is 0 Å². The molecule has 1 aliphatic heterocycles. The van der Waals surface area contributed by atoms with Gasteiger partial charge in [-0.3, -0.25) is 4.90 Å². The number of ether oxygens (including phenoxy) is 1. The van der Waals surface area contributed by atoms with Crippen LogP contribution in [0.15, 0.2) is 0 Å². The Morgan fingerprint density at radius 2 is 2.06 bits per heavy atom. The summed E-state index contributed by atoms with van der Waals surface area (Å²) in [6, 6.07) is 0. The molecule has 0 amide bonds. The summed E-state index contributed by atoms with van der Waals surface area (Å²) in [7, 11) is 0. The van der Waals surface area contributed by atoms with Gasteiger partial charge in [0.05, 0.1) is 18.3 Å². The Morgan fingerprint density at radius 1 is 1.31 bits per heavy atom. The van der Waals surface area contributed by atoms with Crippen molar-refractivity contribution >= 4 is 0 Å². The van der Waals surface area contributed by atoms with E-state index in [1.165, 1.54) is 19.3 Å². The zero-order valence-corrected chi connectivity index (χ0v) is 10.5. The van der Waals surface area contributed by atoms with E-state index in [4.69, 9.17) is 4.74 Å². The van der Waals surface area contributed by atoms with Crippen LogP contribution in [0, 0.1) is 0 Å². The molecule has 1 atom stereocenters. The van der Waals surface area contributed by atoms with Crippen LogP contribution in [0.3, 0.4) is 0 Å². The molecule has 1 saturated carbocycles. The van der Waals surface area contributed by atoms with Crippen molar-refractivity contribution in [3.8, 4) is 0 Å². The molecule has 1 aliphatic carbocycles. The summed E-state index contributed by atoms with van der Waals surface area (Å²) >= 11 is 0. The smallest absolute Gasteiger partial charge is 0.0774 e.